The molecule has 0 fully saturated rings. The molecule has 0 aliphatic carbocycles. The van der Waals surface area contributed by atoms with Crippen LogP contribution in [0.25, 0.3) is 10.9 Å². The fraction of sp³-hybridized carbons (Fsp3) is 0.0625. The molecule has 0 bridgehead atoms. The molecule has 0 radical (unpaired) electrons. The first kappa shape index (κ1) is 13.5. The lowest BCUT2D eigenvalue weighted by Gasteiger charge is -2.08. The summed E-state index contributed by atoms with van der Waals surface area (Å²) < 4.78 is 0.939. The van der Waals surface area contributed by atoms with E-state index in [1.54, 1.807) is 11.8 Å². The van der Waals surface area contributed by atoms with Gasteiger partial charge in [0.2, 0.25) is 0 Å². The van der Waals surface area contributed by atoms with Crippen molar-refractivity contribution in [2.24, 2.45) is 0 Å². The molecule has 0 aliphatic heterocycles. The number of rotatable bonds is 2. The average Bonchev–Trinajstić information content (AvgIpc) is 2.42. The molecule has 2 N–H and O–H groups in total. The molecule has 20 heavy (non-hydrogen) atoms. The minimum Gasteiger partial charge on any atom is -0.398 e. The first-order chi connectivity index (χ1) is 9.63. The van der Waals surface area contributed by atoms with E-state index in [-0.39, 0.29) is 0 Å². The summed E-state index contributed by atoms with van der Waals surface area (Å²) in [6, 6.07) is 14.4. The van der Waals surface area contributed by atoms with Crippen LogP contribution in [-0.2, 0) is 0 Å². The van der Waals surface area contributed by atoms with Gasteiger partial charge in [0.15, 0.2) is 0 Å². The number of benzene rings is 2. The monoisotopic (exact) mass is 344 g/mol. The SMILES string of the molecule is Cc1cccc(Sc2ccc(N)c3cc(Br)cnc23)c1. The summed E-state index contributed by atoms with van der Waals surface area (Å²) in [6.45, 7) is 2.10. The Morgan fingerprint density at radius 3 is 2.80 bits per heavy atom. The Morgan fingerprint density at radius 2 is 2.00 bits per heavy atom. The van der Waals surface area contributed by atoms with E-state index < -0.39 is 0 Å². The summed E-state index contributed by atoms with van der Waals surface area (Å²) in [5, 5.41) is 0.983. The van der Waals surface area contributed by atoms with E-state index in [2.05, 4.69) is 52.1 Å². The highest BCUT2D eigenvalue weighted by Crippen LogP contribution is 2.35. The van der Waals surface area contributed by atoms with Crippen LogP contribution in [0.1, 0.15) is 5.56 Å². The lowest BCUT2D eigenvalue weighted by atomic mass is 10.2. The van der Waals surface area contributed by atoms with Crippen molar-refractivity contribution in [2.75, 3.05) is 5.73 Å². The largest absolute Gasteiger partial charge is 0.398 e. The van der Waals surface area contributed by atoms with E-state index in [1.165, 1.54) is 10.5 Å². The molecule has 2 nitrogen and oxygen atoms in total. The lowest BCUT2D eigenvalue weighted by Crippen LogP contribution is -1.90. The predicted molar refractivity (Wildman–Crippen MR) is 89.2 cm³/mol. The van der Waals surface area contributed by atoms with Gasteiger partial charge in [0, 0.05) is 31.5 Å². The summed E-state index contributed by atoms with van der Waals surface area (Å²) in [4.78, 5) is 6.84. The number of hydrogen-bond donors (Lipinski definition) is 1. The predicted octanol–water partition coefficient (Wildman–Crippen LogP) is 5.04. The normalized spacial score (nSPS) is 10.9. The number of nitrogens with two attached hydrogens (primary N) is 1. The fourth-order valence-corrected chi connectivity index (χ4v) is 3.45. The molecule has 1 aromatic heterocycles. The van der Waals surface area contributed by atoms with Gasteiger partial charge in [0.25, 0.3) is 0 Å². The maximum atomic E-state index is 6.04. The number of halogens is 1. The van der Waals surface area contributed by atoms with E-state index in [1.807, 2.05) is 24.4 Å². The van der Waals surface area contributed by atoms with E-state index in [0.29, 0.717) is 0 Å². The Hall–Kier alpha value is -1.52. The Bertz CT molecular complexity index is 787. The number of anilines is 1. The highest BCUT2D eigenvalue weighted by atomic mass is 79.9. The van der Waals surface area contributed by atoms with Gasteiger partial charge in [-0.2, -0.15) is 0 Å². The molecule has 0 spiro atoms. The van der Waals surface area contributed by atoms with Gasteiger partial charge in [-0.15, -0.1) is 0 Å². The van der Waals surface area contributed by atoms with E-state index in [0.717, 1.165) is 26.0 Å². The number of aryl methyl sites for hydroxylation is 1. The molecule has 3 rings (SSSR count). The van der Waals surface area contributed by atoms with Crippen molar-refractivity contribution in [1.82, 2.24) is 4.98 Å². The van der Waals surface area contributed by atoms with Crippen LogP contribution in [-0.4, -0.2) is 4.98 Å². The van der Waals surface area contributed by atoms with Gasteiger partial charge in [-0.1, -0.05) is 29.5 Å². The van der Waals surface area contributed by atoms with Crippen LogP contribution in [0.3, 0.4) is 0 Å². The molecule has 0 saturated heterocycles. The molecule has 0 unspecified atom stereocenters. The zero-order chi connectivity index (χ0) is 14.1. The second-order valence-electron chi connectivity index (χ2n) is 4.62. The van der Waals surface area contributed by atoms with E-state index in [4.69, 9.17) is 5.73 Å². The lowest BCUT2D eigenvalue weighted by molar-refractivity contribution is 1.32. The average molecular weight is 345 g/mol. The van der Waals surface area contributed by atoms with Gasteiger partial charge in [-0.05, 0) is 53.2 Å². The first-order valence-corrected chi connectivity index (χ1v) is 7.83. The standard InChI is InChI=1S/C16H13BrN2S/c1-10-3-2-4-12(7-10)20-15-6-5-14(18)13-8-11(17)9-19-16(13)15/h2-9H,18H2,1H3. The Morgan fingerprint density at radius 1 is 1.15 bits per heavy atom. The van der Waals surface area contributed by atoms with Crippen molar-refractivity contribution in [1.29, 1.82) is 0 Å². The third-order valence-electron chi connectivity index (χ3n) is 3.03. The highest BCUT2D eigenvalue weighted by Gasteiger charge is 2.08. The zero-order valence-corrected chi connectivity index (χ0v) is 13.3. The molecule has 3 aromatic rings. The summed E-state index contributed by atoms with van der Waals surface area (Å²) in [7, 11) is 0. The minimum absolute atomic E-state index is 0.752. The number of pyridine rings is 1. The van der Waals surface area contributed by atoms with Crippen molar-refractivity contribution < 1.29 is 0 Å². The second-order valence-corrected chi connectivity index (χ2v) is 6.65. The summed E-state index contributed by atoms with van der Waals surface area (Å²) in [6.07, 6.45) is 1.81. The first-order valence-electron chi connectivity index (χ1n) is 6.22. The van der Waals surface area contributed by atoms with Crippen LogP contribution in [0, 0.1) is 6.92 Å². The van der Waals surface area contributed by atoms with Gasteiger partial charge in [-0.3, -0.25) is 4.98 Å². The molecule has 0 aliphatic rings. The third-order valence-corrected chi connectivity index (χ3v) is 4.50. The van der Waals surface area contributed by atoms with Gasteiger partial charge in [0.1, 0.15) is 0 Å². The topological polar surface area (TPSA) is 38.9 Å². The molecule has 0 amide bonds. The van der Waals surface area contributed by atoms with Crippen LogP contribution in [0.15, 0.2) is 62.9 Å². The second kappa shape index (κ2) is 5.46. The van der Waals surface area contributed by atoms with Crippen LogP contribution < -0.4 is 5.73 Å². The molecule has 4 heteroatoms. The minimum atomic E-state index is 0.752. The molecular formula is C16H13BrN2S. The van der Waals surface area contributed by atoms with Crippen molar-refractivity contribution in [3.8, 4) is 0 Å². The van der Waals surface area contributed by atoms with Crippen LogP contribution in [0.5, 0.6) is 0 Å². The number of aromatic nitrogens is 1. The summed E-state index contributed by atoms with van der Waals surface area (Å²) in [5.74, 6) is 0. The van der Waals surface area contributed by atoms with Crippen LogP contribution in [0.4, 0.5) is 5.69 Å². The number of nitrogen functional groups attached to an aromatic ring is 1. The molecule has 0 saturated carbocycles. The quantitative estimate of drug-likeness (QED) is 0.662. The van der Waals surface area contributed by atoms with E-state index in [9.17, 15) is 0 Å². The number of fused-ring (bicyclic) bond motifs is 1. The van der Waals surface area contributed by atoms with Crippen molar-refractivity contribution in [2.45, 2.75) is 16.7 Å². The maximum Gasteiger partial charge on any atom is 0.0862 e. The maximum absolute atomic E-state index is 6.04. The molecular weight excluding hydrogens is 332 g/mol. The van der Waals surface area contributed by atoms with Gasteiger partial charge in [-0.25, -0.2) is 0 Å². The fourth-order valence-electron chi connectivity index (χ4n) is 2.08. The van der Waals surface area contributed by atoms with Crippen molar-refractivity contribution in [3.63, 3.8) is 0 Å². The Kier molecular flexibility index (Phi) is 3.68. The molecule has 100 valence electrons. The zero-order valence-electron chi connectivity index (χ0n) is 10.9. The number of nitrogens with zero attached hydrogens (tertiary/aromatic N) is 1. The van der Waals surface area contributed by atoms with Gasteiger partial charge >= 0.3 is 0 Å². The van der Waals surface area contributed by atoms with Gasteiger partial charge < -0.3 is 5.73 Å². The number of hydrogen-bond acceptors (Lipinski definition) is 3. The molecule has 1 heterocycles. The Balaban J connectivity index is 2.10. The van der Waals surface area contributed by atoms with Crippen molar-refractivity contribution >= 4 is 44.3 Å². The van der Waals surface area contributed by atoms with Crippen LogP contribution in [0.2, 0.25) is 0 Å². The van der Waals surface area contributed by atoms with E-state index >= 15 is 0 Å². The summed E-state index contributed by atoms with van der Waals surface area (Å²) >= 11 is 5.16. The molecule has 2 aromatic carbocycles. The Labute approximate surface area is 130 Å². The van der Waals surface area contributed by atoms with Crippen LogP contribution >= 0.6 is 27.7 Å². The van der Waals surface area contributed by atoms with Crippen molar-refractivity contribution in [3.05, 3.63) is 58.7 Å². The third kappa shape index (κ3) is 2.67. The summed E-state index contributed by atoms with van der Waals surface area (Å²) in [5.41, 5.74) is 8.99. The molecule has 0 atom stereocenters. The van der Waals surface area contributed by atoms with Gasteiger partial charge in [0.05, 0.1) is 5.52 Å². The highest BCUT2D eigenvalue weighted by molar-refractivity contribution is 9.10. The smallest absolute Gasteiger partial charge is 0.0862 e.